The maximum atomic E-state index is 13.8. The molecule has 3 aromatic carbocycles. The second-order valence-corrected chi connectivity index (χ2v) is 12.7. The first kappa shape index (κ1) is 33.3. The number of anilines is 1. The number of carbonyl (C=O) groups excluding carboxylic acids is 2. The Morgan fingerprint density at radius 1 is 1.02 bits per heavy atom. The SMILES string of the molecule is COc1c(OCCCNCCCc2ccccc2)cccc1[C@H]1O[C@H](CC(N)=O)C(=O)N(CC(C)(C)C)c2ccc(Cl)cc21. The summed E-state index contributed by atoms with van der Waals surface area (Å²) in [4.78, 5) is 27.6. The molecule has 0 saturated carbocycles. The molecule has 2 amide bonds. The predicted molar refractivity (Wildman–Crippen MR) is 175 cm³/mol. The fourth-order valence-electron chi connectivity index (χ4n) is 5.40. The molecular formula is C35H44ClN3O5. The van der Waals surface area contributed by atoms with E-state index in [9.17, 15) is 9.59 Å². The van der Waals surface area contributed by atoms with Gasteiger partial charge in [-0.05, 0) is 67.6 Å². The molecule has 1 heterocycles. The first-order valence-electron chi connectivity index (χ1n) is 15.2. The van der Waals surface area contributed by atoms with E-state index in [1.54, 1.807) is 24.1 Å². The van der Waals surface area contributed by atoms with Crippen LogP contribution in [0.1, 0.15) is 62.8 Å². The molecule has 3 aromatic rings. The number of primary amides is 1. The van der Waals surface area contributed by atoms with Crippen LogP contribution in [0.2, 0.25) is 5.02 Å². The molecule has 1 aliphatic rings. The summed E-state index contributed by atoms with van der Waals surface area (Å²) in [5.41, 5.74) is 8.71. The first-order valence-corrected chi connectivity index (χ1v) is 15.5. The van der Waals surface area contributed by atoms with Gasteiger partial charge >= 0.3 is 0 Å². The van der Waals surface area contributed by atoms with Gasteiger partial charge in [0.1, 0.15) is 12.2 Å². The predicted octanol–water partition coefficient (Wildman–Crippen LogP) is 6.08. The van der Waals surface area contributed by atoms with Crippen molar-refractivity contribution in [1.82, 2.24) is 5.32 Å². The van der Waals surface area contributed by atoms with E-state index in [2.05, 4.69) is 29.6 Å². The number of aryl methyl sites for hydroxylation is 1. The van der Waals surface area contributed by atoms with Crippen LogP contribution in [0.5, 0.6) is 11.5 Å². The second-order valence-electron chi connectivity index (χ2n) is 12.3. The number of benzene rings is 3. The van der Waals surface area contributed by atoms with E-state index in [0.717, 1.165) is 32.4 Å². The van der Waals surface area contributed by atoms with Gasteiger partial charge in [-0.15, -0.1) is 0 Å². The molecule has 0 aromatic heterocycles. The smallest absolute Gasteiger partial charge is 0.256 e. The Morgan fingerprint density at radius 3 is 2.48 bits per heavy atom. The number of ether oxygens (including phenoxy) is 3. The third-order valence-electron chi connectivity index (χ3n) is 7.34. The van der Waals surface area contributed by atoms with Gasteiger partial charge in [0.2, 0.25) is 5.91 Å². The summed E-state index contributed by atoms with van der Waals surface area (Å²) in [5.74, 6) is 0.107. The lowest BCUT2D eigenvalue weighted by atomic mass is 9.94. The van der Waals surface area contributed by atoms with Crippen molar-refractivity contribution in [1.29, 1.82) is 0 Å². The molecule has 0 unspecified atom stereocenters. The quantitative estimate of drug-likeness (QED) is 0.211. The highest BCUT2D eigenvalue weighted by molar-refractivity contribution is 6.30. The van der Waals surface area contributed by atoms with Gasteiger partial charge in [-0.25, -0.2) is 0 Å². The van der Waals surface area contributed by atoms with Crippen LogP contribution in [0.15, 0.2) is 66.7 Å². The Morgan fingerprint density at radius 2 is 1.77 bits per heavy atom. The minimum absolute atomic E-state index is 0.230. The van der Waals surface area contributed by atoms with Crippen LogP contribution in [-0.4, -0.2) is 51.3 Å². The summed E-state index contributed by atoms with van der Waals surface area (Å²) in [6, 6.07) is 21.4. The molecule has 3 N–H and O–H groups in total. The number of carbonyl (C=O) groups is 2. The van der Waals surface area contributed by atoms with E-state index in [1.807, 2.05) is 51.1 Å². The number of methoxy groups -OCH3 is 1. The molecule has 0 fully saturated rings. The van der Waals surface area contributed by atoms with Crippen LogP contribution < -0.4 is 25.4 Å². The van der Waals surface area contributed by atoms with Crippen molar-refractivity contribution in [3.63, 3.8) is 0 Å². The topological polar surface area (TPSA) is 103 Å². The number of fused-ring (bicyclic) bond motifs is 1. The number of nitrogens with zero attached hydrogens (tertiary/aromatic N) is 1. The number of amides is 2. The lowest BCUT2D eigenvalue weighted by Crippen LogP contribution is -2.44. The van der Waals surface area contributed by atoms with Crippen molar-refractivity contribution >= 4 is 29.1 Å². The lowest BCUT2D eigenvalue weighted by Gasteiger charge is -2.31. The molecule has 236 valence electrons. The molecule has 0 bridgehead atoms. The molecule has 0 saturated heterocycles. The molecule has 44 heavy (non-hydrogen) atoms. The van der Waals surface area contributed by atoms with E-state index in [4.69, 9.17) is 31.5 Å². The van der Waals surface area contributed by atoms with E-state index < -0.39 is 18.1 Å². The molecule has 0 spiro atoms. The number of hydrogen-bond donors (Lipinski definition) is 2. The standard InChI is InChI=1S/C35H44ClN3O5/c1-35(2,3)23-39-28-17-16-25(36)21-27(28)32(44-30(34(39)41)22-31(37)40)26-14-8-15-29(33(26)42-4)43-20-10-19-38-18-9-13-24-11-6-5-7-12-24/h5-8,11-12,14-17,21,30,32,38H,9-10,13,18-20,22-23H2,1-4H3,(H2,37,40)/t30-,32-/m1/s1. The molecule has 8 nitrogen and oxygen atoms in total. The molecule has 0 radical (unpaired) electrons. The lowest BCUT2D eigenvalue weighted by molar-refractivity contribution is -0.137. The van der Waals surface area contributed by atoms with Crippen molar-refractivity contribution in [2.75, 3.05) is 38.3 Å². The van der Waals surface area contributed by atoms with Gasteiger partial charge in [0.15, 0.2) is 11.5 Å². The molecule has 2 atom stereocenters. The zero-order chi connectivity index (χ0) is 31.7. The van der Waals surface area contributed by atoms with Crippen LogP contribution in [-0.2, 0) is 20.7 Å². The van der Waals surface area contributed by atoms with Crippen molar-refractivity contribution in [3.8, 4) is 11.5 Å². The maximum absolute atomic E-state index is 13.8. The van der Waals surface area contributed by atoms with Crippen LogP contribution >= 0.6 is 11.6 Å². The van der Waals surface area contributed by atoms with Gasteiger partial charge in [0, 0.05) is 28.4 Å². The summed E-state index contributed by atoms with van der Waals surface area (Å²) >= 11 is 6.49. The van der Waals surface area contributed by atoms with Gasteiger partial charge in [-0.2, -0.15) is 0 Å². The second kappa shape index (κ2) is 15.4. The maximum Gasteiger partial charge on any atom is 0.256 e. The Balaban J connectivity index is 1.52. The minimum atomic E-state index is -1.09. The average molecular weight is 622 g/mol. The number of nitrogens with one attached hydrogen (secondary N) is 1. The zero-order valence-electron chi connectivity index (χ0n) is 26.1. The molecular weight excluding hydrogens is 578 g/mol. The van der Waals surface area contributed by atoms with Crippen molar-refractivity contribution < 1.29 is 23.8 Å². The Kier molecular flexibility index (Phi) is 11.7. The molecule has 1 aliphatic heterocycles. The Labute approximate surface area is 265 Å². The number of nitrogens with two attached hydrogens (primary N) is 1. The van der Waals surface area contributed by atoms with Gasteiger partial charge in [-0.3, -0.25) is 9.59 Å². The number of para-hydroxylation sites is 1. The van der Waals surface area contributed by atoms with Gasteiger partial charge in [-0.1, -0.05) is 74.8 Å². The number of hydrogen-bond acceptors (Lipinski definition) is 6. The summed E-state index contributed by atoms with van der Waals surface area (Å²) in [7, 11) is 1.58. The molecule has 4 rings (SSSR count). The summed E-state index contributed by atoms with van der Waals surface area (Å²) < 4.78 is 18.5. The van der Waals surface area contributed by atoms with Crippen LogP contribution in [0.4, 0.5) is 5.69 Å². The van der Waals surface area contributed by atoms with Crippen molar-refractivity contribution in [3.05, 3.63) is 88.4 Å². The largest absolute Gasteiger partial charge is 0.492 e. The Hall–Kier alpha value is -3.59. The monoisotopic (exact) mass is 621 g/mol. The van der Waals surface area contributed by atoms with E-state index >= 15 is 0 Å². The average Bonchev–Trinajstić information content (AvgIpc) is 3.08. The summed E-state index contributed by atoms with van der Waals surface area (Å²) in [6.45, 7) is 8.81. The summed E-state index contributed by atoms with van der Waals surface area (Å²) in [6.07, 6.45) is 0.814. The van der Waals surface area contributed by atoms with Crippen LogP contribution in [0, 0.1) is 5.41 Å². The highest BCUT2D eigenvalue weighted by atomic mass is 35.5. The summed E-state index contributed by atoms with van der Waals surface area (Å²) in [5, 5.41) is 3.98. The molecule has 9 heteroatoms. The van der Waals surface area contributed by atoms with Gasteiger partial charge in [0.05, 0.1) is 20.1 Å². The fraction of sp³-hybridized carbons (Fsp3) is 0.429. The minimum Gasteiger partial charge on any atom is -0.492 e. The van der Waals surface area contributed by atoms with Crippen LogP contribution in [0.3, 0.4) is 0 Å². The van der Waals surface area contributed by atoms with Gasteiger partial charge in [0.25, 0.3) is 5.91 Å². The third-order valence-corrected chi connectivity index (χ3v) is 7.57. The van der Waals surface area contributed by atoms with Crippen molar-refractivity contribution in [2.45, 2.75) is 58.7 Å². The highest BCUT2D eigenvalue weighted by Crippen LogP contribution is 2.45. The van der Waals surface area contributed by atoms with E-state index in [0.29, 0.717) is 46.5 Å². The van der Waals surface area contributed by atoms with E-state index in [1.165, 1.54) is 5.56 Å². The van der Waals surface area contributed by atoms with Gasteiger partial charge < -0.3 is 30.2 Å². The third kappa shape index (κ3) is 8.97. The van der Waals surface area contributed by atoms with Crippen LogP contribution in [0.25, 0.3) is 0 Å². The van der Waals surface area contributed by atoms with E-state index in [-0.39, 0.29) is 17.7 Å². The Bertz CT molecular complexity index is 1410. The number of rotatable bonds is 14. The first-order chi connectivity index (χ1) is 21.1. The highest BCUT2D eigenvalue weighted by Gasteiger charge is 2.39. The zero-order valence-corrected chi connectivity index (χ0v) is 26.9. The van der Waals surface area contributed by atoms with Crippen molar-refractivity contribution in [2.24, 2.45) is 11.1 Å². The molecule has 0 aliphatic carbocycles. The number of halogens is 1. The fourth-order valence-corrected chi connectivity index (χ4v) is 5.58. The normalized spacial score (nSPS) is 16.8.